The van der Waals surface area contributed by atoms with Crippen LogP contribution in [-0.2, 0) is 4.79 Å². The van der Waals surface area contributed by atoms with E-state index >= 15 is 0 Å². The molecule has 5 heteroatoms. The van der Waals surface area contributed by atoms with E-state index < -0.39 is 6.04 Å². The highest BCUT2D eigenvalue weighted by atomic mass is 16.3. The monoisotopic (exact) mass is 295 g/mol. The van der Waals surface area contributed by atoms with Gasteiger partial charge in [-0.1, -0.05) is 47.7 Å². The molecule has 112 valence electrons. The van der Waals surface area contributed by atoms with Crippen molar-refractivity contribution < 1.29 is 9.90 Å². The lowest BCUT2D eigenvalue weighted by Crippen LogP contribution is -2.22. The van der Waals surface area contributed by atoms with Crippen LogP contribution >= 0.6 is 0 Å². The standard InChI is InChI=1S/C17H17N3O2/c21-12-6-11-16(22)17(13-7-2-1-3-8-13)20-15-10-5-4-9-14(15)18-19-20/h1-5,7-10,17,21H,6,11-12H2. The number of para-hydroxylation sites is 1. The number of nitrogens with zero attached hydrogens (tertiary/aromatic N) is 3. The van der Waals surface area contributed by atoms with Crippen molar-refractivity contribution in [2.75, 3.05) is 6.61 Å². The van der Waals surface area contributed by atoms with E-state index in [1.807, 2.05) is 54.6 Å². The quantitative estimate of drug-likeness (QED) is 0.758. The van der Waals surface area contributed by atoms with Crippen molar-refractivity contribution in [1.29, 1.82) is 0 Å². The number of aliphatic hydroxyl groups is 1. The second-order valence-corrected chi connectivity index (χ2v) is 5.13. The second-order valence-electron chi connectivity index (χ2n) is 5.13. The number of hydrogen-bond donors (Lipinski definition) is 1. The van der Waals surface area contributed by atoms with Crippen LogP contribution in [0.5, 0.6) is 0 Å². The van der Waals surface area contributed by atoms with Crippen molar-refractivity contribution in [3.05, 3.63) is 60.2 Å². The molecule has 0 bridgehead atoms. The van der Waals surface area contributed by atoms with E-state index in [-0.39, 0.29) is 12.4 Å². The van der Waals surface area contributed by atoms with Gasteiger partial charge in [-0.3, -0.25) is 4.79 Å². The van der Waals surface area contributed by atoms with Gasteiger partial charge in [-0.15, -0.1) is 5.10 Å². The van der Waals surface area contributed by atoms with Crippen molar-refractivity contribution in [3.8, 4) is 0 Å². The molecule has 3 aromatic rings. The highest BCUT2D eigenvalue weighted by Crippen LogP contribution is 2.24. The van der Waals surface area contributed by atoms with E-state index in [1.54, 1.807) is 4.68 Å². The first-order valence-corrected chi connectivity index (χ1v) is 7.29. The molecule has 22 heavy (non-hydrogen) atoms. The summed E-state index contributed by atoms with van der Waals surface area (Å²) in [6, 6.07) is 16.6. The molecule has 0 amide bonds. The van der Waals surface area contributed by atoms with Gasteiger partial charge in [0.1, 0.15) is 11.6 Å². The molecule has 0 aliphatic heterocycles. The molecular formula is C17H17N3O2. The number of fused-ring (bicyclic) bond motifs is 1. The molecule has 5 nitrogen and oxygen atoms in total. The van der Waals surface area contributed by atoms with E-state index in [9.17, 15) is 4.79 Å². The van der Waals surface area contributed by atoms with Gasteiger partial charge in [0.25, 0.3) is 0 Å². The summed E-state index contributed by atoms with van der Waals surface area (Å²) in [5.74, 6) is 0.0240. The molecule has 1 unspecified atom stereocenters. The van der Waals surface area contributed by atoms with Crippen LogP contribution in [0.3, 0.4) is 0 Å². The summed E-state index contributed by atoms with van der Waals surface area (Å²) in [6.07, 6.45) is 0.763. The number of Topliss-reactive ketones (excluding diaryl/α,β-unsaturated/α-hetero) is 1. The molecule has 0 spiro atoms. The average molecular weight is 295 g/mol. The maximum atomic E-state index is 12.6. The van der Waals surface area contributed by atoms with Gasteiger partial charge in [0, 0.05) is 13.0 Å². The smallest absolute Gasteiger partial charge is 0.162 e. The Hall–Kier alpha value is -2.53. The third-order valence-corrected chi connectivity index (χ3v) is 3.62. The van der Waals surface area contributed by atoms with Crippen molar-refractivity contribution >= 4 is 16.8 Å². The normalized spacial score (nSPS) is 12.4. The van der Waals surface area contributed by atoms with Crippen LogP contribution in [0.4, 0.5) is 0 Å². The first-order valence-electron chi connectivity index (χ1n) is 7.29. The number of carbonyl (C=O) groups is 1. The third-order valence-electron chi connectivity index (χ3n) is 3.62. The van der Waals surface area contributed by atoms with E-state index in [2.05, 4.69) is 10.3 Å². The average Bonchev–Trinajstić information content (AvgIpc) is 2.98. The second kappa shape index (κ2) is 6.49. The number of rotatable bonds is 6. The van der Waals surface area contributed by atoms with Crippen molar-refractivity contribution in [3.63, 3.8) is 0 Å². The summed E-state index contributed by atoms with van der Waals surface area (Å²) in [5.41, 5.74) is 2.47. The Morgan fingerprint density at radius 3 is 2.59 bits per heavy atom. The Morgan fingerprint density at radius 1 is 1.09 bits per heavy atom. The fourth-order valence-corrected chi connectivity index (χ4v) is 2.57. The molecule has 1 heterocycles. The molecule has 0 aliphatic rings. The third kappa shape index (κ3) is 2.76. The zero-order valence-electron chi connectivity index (χ0n) is 12.1. The first kappa shape index (κ1) is 14.4. The van der Waals surface area contributed by atoms with Gasteiger partial charge in [-0.2, -0.15) is 0 Å². The summed E-state index contributed by atoms with van der Waals surface area (Å²) < 4.78 is 1.67. The number of carbonyl (C=O) groups excluding carboxylic acids is 1. The van der Waals surface area contributed by atoms with Crippen LogP contribution < -0.4 is 0 Å². The molecule has 1 aromatic heterocycles. The number of aliphatic hydroxyl groups excluding tert-OH is 1. The molecule has 1 N–H and O–H groups in total. The first-order chi connectivity index (χ1) is 10.8. The molecule has 0 saturated heterocycles. The number of benzene rings is 2. The zero-order valence-corrected chi connectivity index (χ0v) is 12.1. The molecule has 2 aromatic carbocycles. The Labute approximate surface area is 128 Å². The van der Waals surface area contributed by atoms with E-state index in [4.69, 9.17) is 5.11 Å². The zero-order chi connectivity index (χ0) is 15.4. The van der Waals surface area contributed by atoms with Crippen LogP contribution in [0.25, 0.3) is 11.0 Å². The molecule has 0 saturated carbocycles. The minimum Gasteiger partial charge on any atom is -0.396 e. The van der Waals surface area contributed by atoms with Gasteiger partial charge in [0.2, 0.25) is 0 Å². The minimum atomic E-state index is -0.514. The van der Waals surface area contributed by atoms with Crippen LogP contribution in [0, 0.1) is 0 Å². The van der Waals surface area contributed by atoms with Crippen molar-refractivity contribution in [2.24, 2.45) is 0 Å². The summed E-state index contributed by atoms with van der Waals surface area (Å²) in [6.45, 7) is 0.00531. The summed E-state index contributed by atoms with van der Waals surface area (Å²) >= 11 is 0. The Kier molecular flexibility index (Phi) is 4.25. The maximum absolute atomic E-state index is 12.6. The highest BCUT2D eigenvalue weighted by Gasteiger charge is 2.24. The minimum absolute atomic E-state index is 0.00531. The summed E-state index contributed by atoms with van der Waals surface area (Å²) in [4.78, 5) is 12.6. The van der Waals surface area contributed by atoms with Gasteiger partial charge in [-0.25, -0.2) is 4.68 Å². The number of hydrogen-bond acceptors (Lipinski definition) is 4. The fraction of sp³-hybridized carbons (Fsp3) is 0.235. The van der Waals surface area contributed by atoms with Gasteiger partial charge in [-0.05, 0) is 24.1 Å². The highest BCUT2D eigenvalue weighted by molar-refractivity contribution is 5.87. The molecular weight excluding hydrogens is 278 g/mol. The molecule has 0 fully saturated rings. The lowest BCUT2D eigenvalue weighted by Gasteiger charge is -2.17. The lowest BCUT2D eigenvalue weighted by molar-refractivity contribution is -0.121. The SMILES string of the molecule is O=C(CCCO)C(c1ccccc1)n1nnc2ccccc21. The van der Waals surface area contributed by atoms with Crippen LogP contribution in [0.1, 0.15) is 24.4 Å². The van der Waals surface area contributed by atoms with Gasteiger partial charge in [0.05, 0.1) is 5.52 Å². The molecule has 1 atom stereocenters. The van der Waals surface area contributed by atoms with E-state index in [1.165, 1.54) is 0 Å². The largest absolute Gasteiger partial charge is 0.396 e. The summed E-state index contributed by atoms with van der Waals surface area (Å²) in [5, 5.41) is 17.3. The molecule has 0 aliphatic carbocycles. The summed E-state index contributed by atoms with van der Waals surface area (Å²) in [7, 11) is 0. The van der Waals surface area contributed by atoms with Crippen molar-refractivity contribution in [2.45, 2.75) is 18.9 Å². The lowest BCUT2D eigenvalue weighted by atomic mass is 9.99. The predicted molar refractivity (Wildman–Crippen MR) is 83.4 cm³/mol. The van der Waals surface area contributed by atoms with Crippen LogP contribution in [-0.4, -0.2) is 32.5 Å². The van der Waals surface area contributed by atoms with Crippen LogP contribution in [0.2, 0.25) is 0 Å². The van der Waals surface area contributed by atoms with Gasteiger partial charge in [0.15, 0.2) is 5.78 Å². The number of aromatic nitrogens is 3. The molecule has 0 radical (unpaired) electrons. The van der Waals surface area contributed by atoms with Gasteiger partial charge >= 0.3 is 0 Å². The predicted octanol–water partition coefficient (Wildman–Crippen LogP) is 2.36. The Balaban J connectivity index is 2.07. The topological polar surface area (TPSA) is 68.0 Å². The van der Waals surface area contributed by atoms with Crippen molar-refractivity contribution in [1.82, 2.24) is 15.0 Å². The van der Waals surface area contributed by atoms with Crippen LogP contribution in [0.15, 0.2) is 54.6 Å². The maximum Gasteiger partial charge on any atom is 0.162 e. The Bertz CT molecular complexity index is 768. The Morgan fingerprint density at radius 2 is 1.82 bits per heavy atom. The fourth-order valence-electron chi connectivity index (χ4n) is 2.57. The van der Waals surface area contributed by atoms with Gasteiger partial charge < -0.3 is 5.11 Å². The molecule has 3 rings (SSSR count). The number of ketones is 1. The van der Waals surface area contributed by atoms with E-state index in [0.717, 1.165) is 16.6 Å². The van der Waals surface area contributed by atoms with E-state index in [0.29, 0.717) is 12.8 Å².